The van der Waals surface area contributed by atoms with Gasteiger partial charge in [-0.3, -0.25) is 9.48 Å². The van der Waals surface area contributed by atoms with Gasteiger partial charge in [-0.25, -0.2) is 4.68 Å². The fourth-order valence-corrected chi connectivity index (χ4v) is 2.54. The van der Waals surface area contributed by atoms with E-state index in [1.807, 2.05) is 19.9 Å². The van der Waals surface area contributed by atoms with Crippen molar-refractivity contribution in [2.24, 2.45) is 0 Å². The average Bonchev–Trinajstić information content (AvgIpc) is 3.14. The van der Waals surface area contributed by atoms with Gasteiger partial charge < -0.3 is 5.32 Å². The van der Waals surface area contributed by atoms with E-state index in [4.69, 9.17) is 0 Å². The fraction of sp³-hybridized carbons (Fsp3) is 0.235. The van der Waals surface area contributed by atoms with Crippen molar-refractivity contribution >= 4 is 11.6 Å². The van der Waals surface area contributed by atoms with Gasteiger partial charge in [0.25, 0.3) is 5.91 Å². The maximum absolute atomic E-state index is 13.0. The third-order valence-electron chi connectivity index (χ3n) is 3.74. The number of aryl methyl sites for hydroxylation is 2. The highest BCUT2D eigenvalue weighted by molar-refractivity contribution is 6.03. The Bertz CT molecular complexity index is 942. The number of benzene rings is 1. The molecule has 26 heavy (non-hydrogen) atoms. The number of carbonyl (C=O) groups excluding carboxylic acids is 1. The maximum atomic E-state index is 13.0. The number of para-hydroxylation sites is 1. The summed E-state index contributed by atoms with van der Waals surface area (Å²) >= 11 is 0. The second kappa shape index (κ2) is 6.66. The summed E-state index contributed by atoms with van der Waals surface area (Å²) in [5.74, 6) is -0.714. The minimum Gasteiger partial charge on any atom is -0.320 e. The molecule has 3 aromatic rings. The number of halogens is 3. The zero-order valence-electron chi connectivity index (χ0n) is 14.1. The number of nitrogens with one attached hydrogen (secondary N) is 1. The lowest BCUT2D eigenvalue weighted by molar-refractivity contribution is -0.136. The Hall–Kier alpha value is -3.10. The Kier molecular flexibility index (Phi) is 4.54. The van der Waals surface area contributed by atoms with Crippen LogP contribution in [0.25, 0.3) is 0 Å². The van der Waals surface area contributed by atoms with E-state index < -0.39 is 17.6 Å². The molecule has 3 rings (SSSR count). The van der Waals surface area contributed by atoms with Crippen LogP contribution in [-0.4, -0.2) is 25.5 Å². The van der Waals surface area contributed by atoms with Crippen LogP contribution in [0.15, 0.2) is 42.6 Å². The van der Waals surface area contributed by atoms with Crippen LogP contribution >= 0.6 is 0 Å². The van der Waals surface area contributed by atoms with Crippen LogP contribution in [-0.2, 0) is 12.8 Å². The molecule has 1 amide bonds. The van der Waals surface area contributed by atoms with Gasteiger partial charge in [0, 0.05) is 11.9 Å². The van der Waals surface area contributed by atoms with Gasteiger partial charge in [0.05, 0.1) is 16.9 Å². The summed E-state index contributed by atoms with van der Waals surface area (Å²) in [6.45, 7) is 4.06. The number of anilines is 1. The number of rotatable bonds is 4. The first kappa shape index (κ1) is 17.7. The van der Waals surface area contributed by atoms with Gasteiger partial charge >= 0.3 is 6.18 Å². The van der Waals surface area contributed by atoms with Crippen LogP contribution in [0.5, 0.6) is 0 Å². The summed E-state index contributed by atoms with van der Waals surface area (Å²) in [6.07, 6.45) is -2.99. The standard InChI is InChI=1S/C17H16F3N5O/c1-11-9-12(2)25(22-11)10-24-8-7-15(23-24)16(26)21-14-6-4-3-5-13(14)17(18,19)20/h3-9H,10H2,1-2H3,(H,21,26). The second-order valence-corrected chi connectivity index (χ2v) is 5.81. The third-order valence-corrected chi connectivity index (χ3v) is 3.74. The van der Waals surface area contributed by atoms with Crippen molar-refractivity contribution in [1.29, 1.82) is 0 Å². The van der Waals surface area contributed by atoms with Gasteiger partial charge in [-0.1, -0.05) is 12.1 Å². The fourth-order valence-electron chi connectivity index (χ4n) is 2.54. The van der Waals surface area contributed by atoms with Crippen molar-refractivity contribution in [1.82, 2.24) is 19.6 Å². The molecule has 9 heteroatoms. The summed E-state index contributed by atoms with van der Waals surface area (Å²) in [5.41, 5.74) is 0.594. The summed E-state index contributed by atoms with van der Waals surface area (Å²) in [7, 11) is 0. The number of alkyl halides is 3. The highest BCUT2D eigenvalue weighted by atomic mass is 19.4. The summed E-state index contributed by atoms with van der Waals surface area (Å²) in [6, 6.07) is 8.15. The Labute approximate surface area is 147 Å². The van der Waals surface area contributed by atoms with Gasteiger partial charge in [-0.15, -0.1) is 0 Å². The van der Waals surface area contributed by atoms with Crippen molar-refractivity contribution in [2.75, 3.05) is 5.32 Å². The molecule has 0 aliphatic rings. The molecule has 6 nitrogen and oxygen atoms in total. The van der Waals surface area contributed by atoms with Crippen molar-refractivity contribution in [3.8, 4) is 0 Å². The molecule has 136 valence electrons. The molecule has 0 spiro atoms. The molecule has 2 heterocycles. The van der Waals surface area contributed by atoms with Crippen LogP contribution in [0.1, 0.15) is 27.4 Å². The lowest BCUT2D eigenvalue weighted by atomic mass is 10.1. The highest BCUT2D eigenvalue weighted by Gasteiger charge is 2.33. The Morgan fingerprint density at radius 3 is 2.54 bits per heavy atom. The molecular formula is C17H16F3N5O. The smallest absolute Gasteiger partial charge is 0.320 e. The maximum Gasteiger partial charge on any atom is 0.418 e. The molecule has 0 unspecified atom stereocenters. The van der Waals surface area contributed by atoms with Crippen LogP contribution < -0.4 is 5.32 Å². The monoisotopic (exact) mass is 363 g/mol. The Balaban J connectivity index is 1.76. The predicted octanol–water partition coefficient (Wildman–Crippen LogP) is 3.47. The van der Waals surface area contributed by atoms with Crippen molar-refractivity contribution in [3.05, 3.63) is 65.2 Å². The summed E-state index contributed by atoms with van der Waals surface area (Å²) in [4.78, 5) is 12.3. The minimum atomic E-state index is -4.56. The number of nitrogens with zero attached hydrogens (tertiary/aromatic N) is 4. The molecule has 0 atom stereocenters. The van der Waals surface area contributed by atoms with Gasteiger partial charge in [0.15, 0.2) is 5.69 Å². The van der Waals surface area contributed by atoms with Gasteiger partial charge in [-0.2, -0.15) is 23.4 Å². The van der Waals surface area contributed by atoms with E-state index in [-0.39, 0.29) is 11.4 Å². The van der Waals surface area contributed by atoms with E-state index in [1.165, 1.54) is 28.9 Å². The molecule has 0 bridgehead atoms. The largest absolute Gasteiger partial charge is 0.418 e. The van der Waals surface area contributed by atoms with Gasteiger partial charge in [0.2, 0.25) is 0 Å². The molecule has 0 radical (unpaired) electrons. The molecule has 0 saturated carbocycles. The zero-order chi connectivity index (χ0) is 18.9. The summed E-state index contributed by atoms with van der Waals surface area (Å²) in [5, 5.41) is 10.7. The summed E-state index contributed by atoms with van der Waals surface area (Å²) < 4.78 is 42.2. The number of carbonyl (C=O) groups is 1. The molecule has 0 aliphatic heterocycles. The number of amides is 1. The minimum absolute atomic E-state index is 0.0171. The number of aromatic nitrogens is 4. The van der Waals surface area contributed by atoms with E-state index in [1.54, 1.807) is 10.9 Å². The lowest BCUT2D eigenvalue weighted by Crippen LogP contribution is -2.18. The van der Waals surface area contributed by atoms with Crippen LogP contribution in [0.2, 0.25) is 0 Å². The molecule has 0 aliphatic carbocycles. The van der Waals surface area contributed by atoms with Crippen molar-refractivity contribution in [3.63, 3.8) is 0 Å². The first-order valence-corrected chi connectivity index (χ1v) is 7.76. The topological polar surface area (TPSA) is 64.7 Å². The normalized spacial score (nSPS) is 11.6. The molecule has 0 saturated heterocycles. The van der Waals surface area contributed by atoms with Crippen LogP contribution in [0.4, 0.5) is 18.9 Å². The van der Waals surface area contributed by atoms with Crippen LogP contribution in [0.3, 0.4) is 0 Å². The third kappa shape index (κ3) is 3.76. The molecule has 1 aromatic carbocycles. The number of hydrogen-bond acceptors (Lipinski definition) is 3. The molecule has 0 fully saturated rings. The first-order chi connectivity index (χ1) is 12.2. The van der Waals surface area contributed by atoms with E-state index in [0.717, 1.165) is 17.5 Å². The van der Waals surface area contributed by atoms with Gasteiger partial charge in [-0.05, 0) is 38.1 Å². The predicted molar refractivity (Wildman–Crippen MR) is 88.7 cm³/mol. The number of hydrogen-bond donors (Lipinski definition) is 1. The average molecular weight is 363 g/mol. The lowest BCUT2D eigenvalue weighted by Gasteiger charge is -2.12. The first-order valence-electron chi connectivity index (χ1n) is 7.76. The van der Waals surface area contributed by atoms with E-state index in [0.29, 0.717) is 6.67 Å². The second-order valence-electron chi connectivity index (χ2n) is 5.81. The Morgan fingerprint density at radius 1 is 1.15 bits per heavy atom. The van der Waals surface area contributed by atoms with E-state index in [9.17, 15) is 18.0 Å². The molecule has 2 aromatic heterocycles. The van der Waals surface area contributed by atoms with Crippen LogP contribution in [0, 0.1) is 13.8 Å². The van der Waals surface area contributed by atoms with Crippen molar-refractivity contribution < 1.29 is 18.0 Å². The SMILES string of the molecule is Cc1cc(C)n(Cn2ccc(C(=O)Nc3ccccc3C(F)(F)F)n2)n1. The van der Waals surface area contributed by atoms with Crippen molar-refractivity contribution in [2.45, 2.75) is 26.7 Å². The highest BCUT2D eigenvalue weighted by Crippen LogP contribution is 2.34. The van der Waals surface area contributed by atoms with E-state index in [2.05, 4.69) is 15.5 Å². The quantitative estimate of drug-likeness (QED) is 0.772. The Morgan fingerprint density at radius 2 is 1.88 bits per heavy atom. The molecule has 1 N–H and O–H groups in total. The van der Waals surface area contributed by atoms with Gasteiger partial charge in [0.1, 0.15) is 6.67 Å². The zero-order valence-corrected chi connectivity index (χ0v) is 14.1. The molecular weight excluding hydrogens is 347 g/mol. The van der Waals surface area contributed by atoms with E-state index >= 15 is 0 Å².